The molecule has 2 bridgehead atoms. The smallest absolute Gasteiger partial charge is 0.411 e. The lowest BCUT2D eigenvalue weighted by atomic mass is 9.81. The van der Waals surface area contributed by atoms with Crippen LogP contribution in [0.4, 0.5) is 10.5 Å². The molecular formula is C20H28N2O2. The van der Waals surface area contributed by atoms with Crippen molar-refractivity contribution in [2.45, 2.75) is 57.1 Å². The molecule has 1 saturated heterocycles. The van der Waals surface area contributed by atoms with Gasteiger partial charge in [0.1, 0.15) is 6.10 Å². The summed E-state index contributed by atoms with van der Waals surface area (Å²) in [5.74, 6) is 1.10. The quantitative estimate of drug-likeness (QED) is 0.900. The van der Waals surface area contributed by atoms with Gasteiger partial charge >= 0.3 is 6.09 Å². The molecule has 4 heteroatoms. The van der Waals surface area contributed by atoms with Crippen LogP contribution in [0, 0.1) is 11.8 Å². The standard InChI is InChI=1S/C20H28N2O2/c23-20(21-16-7-3-1-4-8-16)24-19-15-9-11-17(19)18(12-10-15)22-13-5-2-6-14-22/h1,3-4,7-8,15,17-19H,2,5-6,9-14H2,(H,21,23)/t15-,17-,18+,19-/m0/s1. The van der Waals surface area contributed by atoms with Crippen LogP contribution in [0.1, 0.15) is 44.9 Å². The Morgan fingerprint density at radius 1 is 1.00 bits per heavy atom. The third-order valence-electron chi connectivity index (χ3n) is 6.21. The molecule has 0 spiro atoms. The van der Waals surface area contributed by atoms with Crippen LogP contribution < -0.4 is 5.32 Å². The summed E-state index contributed by atoms with van der Waals surface area (Å²) in [5, 5.41) is 2.88. The zero-order valence-corrected chi connectivity index (χ0v) is 14.3. The predicted molar refractivity (Wildman–Crippen MR) is 95.0 cm³/mol. The summed E-state index contributed by atoms with van der Waals surface area (Å²) in [7, 11) is 0. The highest BCUT2D eigenvalue weighted by atomic mass is 16.6. The molecule has 24 heavy (non-hydrogen) atoms. The van der Waals surface area contributed by atoms with E-state index >= 15 is 0 Å². The molecule has 4 atom stereocenters. The molecule has 1 aliphatic heterocycles. The maximum atomic E-state index is 12.3. The van der Waals surface area contributed by atoms with E-state index in [2.05, 4.69) is 10.2 Å². The molecular weight excluding hydrogens is 300 g/mol. The molecule has 3 fully saturated rings. The fraction of sp³-hybridized carbons (Fsp3) is 0.650. The van der Waals surface area contributed by atoms with Crippen LogP contribution >= 0.6 is 0 Å². The van der Waals surface area contributed by atoms with E-state index in [0.29, 0.717) is 17.9 Å². The lowest BCUT2D eigenvalue weighted by Gasteiger charge is -2.43. The van der Waals surface area contributed by atoms with Gasteiger partial charge < -0.3 is 4.74 Å². The number of nitrogens with one attached hydrogen (secondary N) is 1. The molecule has 130 valence electrons. The number of amides is 1. The summed E-state index contributed by atoms with van der Waals surface area (Å²) in [4.78, 5) is 15.0. The monoisotopic (exact) mass is 328 g/mol. The minimum absolute atomic E-state index is 0.106. The van der Waals surface area contributed by atoms with Crippen LogP contribution in [-0.2, 0) is 4.74 Å². The fourth-order valence-electron chi connectivity index (χ4n) is 5.08. The molecule has 0 radical (unpaired) electrons. The summed E-state index contributed by atoms with van der Waals surface area (Å²) in [6.45, 7) is 2.46. The first kappa shape index (κ1) is 15.9. The zero-order chi connectivity index (χ0) is 16.4. The van der Waals surface area contributed by atoms with Gasteiger partial charge in [-0.3, -0.25) is 10.2 Å². The van der Waals surface area contributed by atoms with E-state index in [9.17, 15) is 4.79 Å². The maximum absolute atomic E-state index is 12.3. The van der Waals surface area contributed by atoms with Gasteiger partial charge in [-0.2, -0.15) is 0 Å². The Morgan fingerprint density at radius 2 is 1.75 bits per heavy atom. The Balaban J connectivity index is 1.40. The molecule has 1 amide bonds. The van der Waals surface area contributed by atoms with Gasteiger partial charge in [0.15, 0.2) is 0 Å². The van der Waals surface area contributed by atoms with Crippen molar-refractivity contribution in [1.29, 1.82) is 0 Å². The maximum Gasteiger partial charge on any atom is 0.411 e. The van der Waals surface area contributed by atoms with Gasteiger partial charge in [-0.1, -0.05) is 24.6 Å². The largest absolute Gasteiger partial charge is 0.445 e. The number of fused-ring (bicyclic) bond motifs is 2. The number of ether oxygens (including phenoxy) is 1. The highest BCUT2D eigenvalue weighted by Crippen LogP contribution is 2.46. The van der Waals surface area contributed by atoms with E-state index < -0.39 is 0 Å². The van der Waals surface area contributed by atoms with Crippen LogP contribution in [0.25, 0.3) is 0 Å². The number of benzene rings is 1. The lowest BCUT2D eigenvalue weighted by molar-refractivity contribution is -0.0139. The third kappa shape index (κ3) is 3.30. The van der Waals surface area contributed by atoms with Crippen molar-refractivity contribution in [3.63, 3.8) is 0 Å². The first-order chi connectivity index (χ1) is 11.8. The van der Waals surface area contributed by atoms with Crippen LogP contribution in [-0.4, -0.2) is 36.2 Å². The number of hydrogen-bond donors (Lipinski definition) is 1. The average Bonchev–Trinajstić information content (AvgIpc) is 2.87. The van der Waals surface area contributed by atoms with Gasteiger partial charge in [0.2, 0.25) is 0 Å². The van der Waals surface area contributed by atoms with Crippen LogP contribution in [0.15, 0.2) is 30.3 Å². The van der Waals surface area contributed by atoms with E-state index in [-0.39, 0.29) is 12.2 Å². The highest BCUT2D eigenvalue weighted by Gasteiger charge is 2.48. The Morgan fingerprint density at radius 3 is 2.54 bits per heavy atom. The van der Waals surface area contributed by atoms with Crippen LogP contribution in [0.5, 0.6) is 0 Å². The van der Waals surface area contributed by atoms with Gasteiger partial charge in [0.25, 0.3) is 0 Å². The number of carbonyl (C=O) groups excluding carboxylic acids is 1. The van der Waals surface area contributed by atoms with E-state index in [1.807, 2.05) is 30.3 Å². The van der Waals surface area contributed by atoms with Crippen molar-refractivity contribution in [3.8, 4) is 0 Å². The summed E-state index contributed by atoms with van der Waals surface area (Å²) in [6.07, 6.45) is 8.77. The van der Waals surface area contributed by atoms with Gasteiger partial charge in [0, 0.05) is 17.6 Å². The predicted octanol–water partition coefficient (Wildman–Crippen LogP) is 4.28. The van der Waals surface area contributed by atoms with E-state index in [1.165, 1.54) is 58.0 Å². The van der Waals surface area contributed by atoms with Gasteiger partial charge in [-0.05, 0) is 69.7 Å². The Kier molecular flexibility index (Phi) is 4.74. The van der Waals surface area contributed by atoms with E-state index in [1.54, 1.807) is 0 Å². The molecule has 1 aromatic carbocycles. The van der Waals surface area contributed by atoms with E-state index in [4.69, 9.17) is 4.74 Å². The average molecular weight is 328 g/mol. The number of rotatable bonds is 3. The van der Waals surface area contributed by atoms with Crippen molar-refractivity contribution in [2.75, 3.05) is 18.4 Å². The summed E-state index contributed by atoms with van der Waals surface area (Å²) in [5.41, 5.74) is 0.804. The zero-order valence-electron chi connectivity index (χ0n) is 14.3. The first-order valence-corrected chi connectivity index (χ1v) is 9.58. The molecule has 1 aromatic rings. The molecule has 0 aromatic heterocycles. The van der Waals surface area contributed by atoms with Crippen molar-refractivity contribution in [2.24, 2.45) is 11.8 Å². The molecule has 2 aliphatic carbocycles. The highest BCUT2D eigenvalue weighted by molar-refractivity contribution is 5.84. The van der Waals surface area contributed by atoms with Gasteiger partial charge in [0.05, 0.1) is 0 Å². The first-order valence-electron chi connectivity index (χ1n) is 9.58. The number of likely N-dealkylation sites (tertiary alicyclic amines) is 1. The van der Waals surface area contributed by atoms with Gasteiger partial charge in [-0.15, -0.1) is 0 Å². The number of carbonyl (C=O) groups is 1. The van der Waals surface area contributed by atoms with E-state index in [0.717, 1.165) is 5.69 Å². The SMILES string of the molecule is O=C(Nc1ccccc1)O[C@H]1[C@H]2CC[C@H]1[C@H](N1CCCCC1)CC2. The van der Waals surface area contributed by atoms with Crippen LogP contribution in [0.3, 0.4) is 0 Å². The molecule has 2 saturated carbocycles. The molecule has 1 N–H and O–H groups in total. The molecule has 4 rings (SSSR count). The van der Waals surface area contributed by atoms with Crippen molar-refractivity contribution in [1.82, 2.24) is 4.90 Å². The summed E-state index contributed by atoms with van der Waals surface area (Å²) < 4.78 is 5.93. The third-order valence-corrected chi connectivity index (χ3v) is 6.21. The topological polar surface area (TPSA) is 41.6 Å². The normalized spacial score (nSPS) is 33.2. The van der Waals surface area contributed by atoms with Crippen molar-refractivity contribution >= 4 is 11.8 Å². The Labute approximate surface area is 144 Å². The molecule has 0 unspecified atom stereocenters. The lowest BCUT2D eigenvalue weighted by Crippen LogP contribution is -2.50. The summed E-state index contributed by atoms with van der Waals surface area (Å²) >= 11 is 0. The molecule has 1 heterocycles. The second-order valence-corrected chi connectivity index (χ2v) is 7.60. The number of nitrogens with zero attached hydrogens (tertiary/aromatic N) is 1. The Hall–Kier alpha value is -1.55. The number of piperidine rings is 1. The second-order valence-electron chi connectivity index (χ2n) is 7.60. The van der Waals surface area contributed by atoms with Crippen LogP contribution in [0.2, 0.25) is 0 Å². The fourth-order valence-corrected chi connectivity index (χ4v) is 5.08. The van der Waals surface area contributed by atoms with Crippen molar-refractivity contribution in [3.05, 3.63) is 30.3 Å². The minimum Gasteiger partial charge on any atom is -0.445 e. The number of para-hydroxylation sites is 1. The van der Waals surface area contributed by atoms with Gasteiger partial charge in [-0.25, -0.2) is 4.79 Å². The Bertz CT molecular complexity index is 556. The summed E-state index contributed by atoms with van der Waals surface area (Å²) in [6, 6.07) is 10.2. The molecule has 3 aliphatic rings. The second kappa shape index (κ2) is 7.14. The number of anilines is 1. The number of hydrogen-bond acceptors (Lipinski definition) is 3. The minimum atomic E-state index is -0.289. The molecule has 4 nitrogen and oxygen atoms in total. The van der Waals surface area contributed by atoms with Crippen molar-refractivity contribution < 1.29 is 9.53 Å².